The number of carbonyl (C=O) groups is 1. The SMILES string of the molecule is CC1(C)OB(c2ccc(N3CCN(CC(N)=O)CC3)c(NS)c2)OC1(C)C. The smallest absolute Gasteiger partial charge is 0.399 e. The predicted molar refractivity (Wildman–Crippen MR) is 113 cm³/mol. The minimum absolute atomic E-state index is 0.284. The molecule has 0 bridgehead atoms. The molecule has 2 aliphatic heterocycles. The maximum Gasteiger partial charge on any atom is 0.494 e. The van der Waals surface area contributed by atoms with Crippen LogP contribution in [0, 0.1) is 0 Å². The summed E-state index contributed by atoms with van der Waals surface area (Å²) in [6, 6.07) is 6.14. The molecule has 0 atom stereocenters. The topological polar surface area (TPSA) is 80.1 Å². The number of anilines is 2. The van der Waals surface area contributed by atoms with Gasteiger partial charge in [0.05, 0.1) is 29.1 Å². The molecule has 0 radical (unpaired) electrons. The number of hydrogen-bond acceptors (Lipinski definition) is 7. The number of hydrogen-bond donors (Lipinski definition) is 3. The lowest BCUT2D eigenvalue weighted by atomic mass is 9.78. The van der Waals surface area contributed by atoms with Crippen molar-refractivity contribution in [3.05, 3.63) is 18.2 Å². The number of piperazine rings is 1. The Kier molecular flexibility index (Phi) is 5.68. The molecular weight excluding hydrogens is 363 g/mol. The molecule has 1 amide bonds. The second kappa shape index (κ2) is 7.54. The number of carbonyl (C=O) groups excluding carboxylic acids is 1. The molecule has 0 aromatic heterocycles. The summed E-state index contributed by atoms with van der Waals surface area (Å²) in [5, 5.41) is 0. The van der Waals surface area contributed by atoms with Crippen molar-refractivity contribution in [1.29, 1.82) is 0 Å². The van der Waals surface area contributed by atoms with Gasteiger partial charge in [-0.05, 0) is 45.3 Å². The lowest BCUT2D eigenvalue weighted by molar-refractivity contribution is -0.119. The first kappa shape index (κ1) is 20.3. The second-order valence-corrected chi connectivity index (χ2v) is 8.43. The first-order valence-electron chi connectivity index (χ1n) is 9.28. The highest BCUT2D eigenvalue weighted by atomic mass is 32.1. The van der Waals surface area contributed by atoms with Gasteiger partial charge in [0.15, 0.2) is 0 Å². The van der Waals surface area contributed by atoms with Crippen LogP contribution in [-0.4, -0.2) is 61.9 Å². The van der Waals surface area contributed by atoms with Crippen LogP contribution in [0.2, 0.25) is 0 Å². The van der Waals surface area contributed by atoms with Crippen molar-refractivity contribution >= 4 is 42.7 Å². The molecule has 0 saturated carbocycles. The number of nitrogens with one attached hydrogen (secondary N) is 1. The van der Waals surface area contributed by atoms with Crippen molar-refractivity contribution in [2.45, 2.75) is 38.9 Å². The standard InChI is InChI=1S/C18H29BN4O3S/c1-17(2)18(3,4)26-19(25-17)13-5-6-15(14(11-13)21-27)23-9-7-22(8-10-23)12-16(20)24/h5-6,11,21,27H,7-10,12H2,1-4H3,(H2,20,24). The van der Waals surface area contributed by atoms with E-state index in [1.807, 2.05) is 39.8 Å². The van der Waals surface area contributed by atoms with E-state index in [4.69, 9.17) is 15.0 Å². The lowest BCUT2D eigenvalue weighted by Crippen LogP contribution is -2.49. The number of benzene rings is 1. The molecule has 1 aromatic rings. The summed E-state index contributed by atoms with van der Waals surface area (Å²) in [5.41, 5.74) is 7.49. The fraction of sp³-hybridized carbons (Fsp3) is 0.611. The van der Waals surface area contributed by atoms with Crippen molar-refractivity contribution in [3.63, 3.8) is 0 Å². The van der Waals surface area contributed by atoms with Crippen molar-refractivity contribution in [3.8, 4) is 0 Å². The molecule has 9 heteroatoms. The molecule has 3 N–H and O–H groups in total. The molecule has 1 aromatic carbocycles. The zero-order valence-corrected chi connectivity index (χ0v) is 17.4. The first-order chi connectivity index (χ1) is 12.6. The van der Waals surface area contributed by atoms with Crippen LogP contribution in [0.15, 0.2) is 18.2 Å². The number of primary amides is 1. The minimum atomic E-state index is -0.406. The van der Waals surface area contributed by atoms with Crippen LogP contribution in [0.1, 0.15) is 27.7 Å². The molecule has 0 aliphatic carbocycles. The summed E-state index contributed by atoms with van der Waals surface area (Å²) in [6.45, 7) is 11.7. The number of nitrogens with two attached hydrogens (primary N) is 1. The Labute approximate surface area is 167 Å². The normalized spacial score (nSPS) is 22.1. The summed E-state index contributed by atoms with van der Waals surface area (Å²) in [7, 11) is -0.406. The molecule has 148 valence electrons. The Morgan fingerprint density at radius 2 is 1.78 bits per heavy atom. The summed E-state index contributed by atoms with van der Waals surface area (Å²) in [5.74, 6) is -0.284. The van der Waals surface area contributed by atoms with Gasteiger partial charge in [0.2, 0.25) is 5.91 Å². The molecule has 0 spiro atoms. The van der Waals surface area contributed by atoms with Crippen molar-refractivity contribution in [2.24, 2.45) is 5.73 Å². The Morgan fingerprint density at radius 1 is 1.19 bits per heavy atom. The Hall–Kier alpha value is -1.42. The average molecular weight is 392 g/mol. The van der Waals surface area contributed by atoms with E-state index in [0.717, 1.165) is 43.0 Å². The van der Waals surface area contributed by atoms with Gasteiger partial charge in [0, 0.05) is 26.2 Å². The van der Waals surface area contributed by atoms with E-state index in [1.54, 1.807) is 0 Å². The summed E-state index contributed by atoms with van der Waals surface area (Å²) in [6.07, 6.45) is 0. The van der Waals surface area contributed by atoms with Crippen LogP contribution in [0.25, 0.3) is 0 Å². The largest absolute Gasteiger partial charge is 0.494 e. The molecule has 2 fully saturated rings. The second-order valence-electron chi connectivity index (χ2n) is 8.21. The Bertz CT molecular complexity index is 692. The quantitative estimate of drug-likeness (QED) is 0.509. The first-order valence-corrected chi connectivity index (χ1v) is 9.73. The van der Waals surface area contributed by atoms with Crippen molar-refractivity contribution < 1.29 is 14.1 Å². The van der Waals surface area contributed by atoms with Crippen LogP contribution < -0.4 is 20.8 Å². The van der Waals surface area contributed by atoms with E-state index < -0.39 is 7.12 Å². The van der Waals surface area contributed by atoms with E-state index in [2.05, 4.69) is 33.4 Å². The average Bonchev–Trinajstić information content (AvgIpc) is 2.82. The van der Waals surface area contributed by atoms with Gasteiger partial charge in [-0.1, -0.05) is 18.9 Å². The molecule has 3 rings (SSSR count). The van der Waals surface area contributed by atoms with Crippen LogP contribution in [0.4, 0.5) is 11.4 Å². The van der Waals surface area contributed by atoms with Crippen LogP contribution in [-0.2, 0) is 14.1 Å². The number of nitrogens with zero attached hydrogens (tertiary/aromatic N) is 2. The van der Waals surface area contributed by atoms with E-state index >= 15 is 0 Å². The van der Waals surface area contributed by atoms with Gasteiger partial charge in [0.1, 0.15) is 0 Å². The lowest BCUT2D eigenvalue weighted by Gasteiger charge is -2.36. The highest BCUT2D eigenvalue weighted by molar-refractivity contribution is 7.81. The van der Waals surface area contributed by atoms with Crippen molar-refractivity contribution in [2.75, 3.05) is 42.3 Å². The Balaban J connectivity index is 1.73. The maximum absolute atomic E-state index is 11.1. The van der Waals surface area contributed by atoms with Gasteiger partial charge in [-0.3, -0.25) is 9.69 Å². The summed E-state index contributed by atoms with van der Waals surface area (Å²) >= 11 is 4.29. The fourth-order valence-corrected chi connectivity index (χ4v) is 3.59. The van der Waals surface area contributed by atoms with E-state index in [-0.39, 0.29) is 17.1 Å². The van der Waals surface area contributed by atoms with E-state index in [0.29, 0.717) is 6.54 Å². The van der Waals surface area contributed by atoms with Crippen molar-refractivity contribution in [1.82, 2.24) is 4.90 Å². The maximum atomic E-state index is 11.1. The van der Waals surface area contributed by atoms with Crippen LogP contribution in [0.3, 0.4) is 0 Å². The molecule has 2 saturated heterocycles. The zero-order chi connectivity index (χ0) is 19.8. The van der Waals surface area contributed by atoms with E-state index in [9.17, 15) is 4.79 Å². The molecule has 27 heavy (non-hydrogen) atoms. The number of amides is 1. The monoisotopic (exact) mass is 392 g/mol. The van der Waals surface area contributed by atoms with Gasteiger partial charge in [-0.25, -0.2) is 0 Å². The molecule has 0 unspecified atom stereocenters. The van der Waals surface area contributed by atoms with Gasteiger partial charge in [0.25, 0.3) is 0 Å². The minimum Gasteiger partial charge on any atom is -0.399 e. The summed E-state index contributed by atoms with van der Waals surface area (Å²) in [4.78, 5) is 15.5. The molecule has 2 heterocycles. The van der Waals surface area contributed by atoms with Crippen LogP contribution in [0.5, 0.6) is 0 Å². The molecule has 2 aliphatic rings. The van der Waals surface area contributed by atoms with Gasteiger partial charge >= 0.3 is 7.12 Å². The predicted octanol–water partition coefficient (Wildman–Crippen LogP) is 0.850. The third kappa shape index (κ3) is 4.21. The fourth-order valence-electron chi connectivity index (χ4n) is 3.41. The molecular formula is C18H29BN4O3S. The third-order valence-electron chi connectivity index (χ3n) is 5.76. The van der Waals surface area contributed by atoms with Gasteiger partial charge in [-0.15, -0.1) is 0 Å². The zero-order valence-electron chi connectivity index (χ0n) is 16.5. The highest BCUT2D eigenvalue weighted by Crippen LogP contribution is 2.37. The van der Waals surface area contributed by atoms with Gasteiger partial charge in [-0.2, -0.15) is 0 Å². The highest BCUT2D eigenvalue weighted by Gasteiger charge is 2.51. The van der Waals surface area contributed by atoms with Crippen LogP contribution >= 0.6 is 12.8 Å². The summed E-state index contributed by atoms with van der Waals surface area (Å²) < 4.78 is 15.3. The Morgan fingerprint density at radius 3 is 2.30 bits per heavy atom. The number of rotatable bonds is 5. The molecule has 7 nitrogen and oxygen atoms in total. The number of thiol groups is 1. The van der Waals surface area contributed by atoms with Gasteiger partial charge < -0.3 is 24.7 Å². The van der Waals surface area contributed by atoms with E-state index in [1.165, 1.54) is 0 Å². The third-order valence-corrected chi connectivity index (χ3v) is 6.00.